The number of nitrogens with one attached hydrogen (secondary N) is 2. The van der Waals surface area contributed by atoms with Gasteiger partial charge < -0.3 is 25.0 Å². The zero-order valence-corrected chi connectivity index (χ0v) is 24.4. The van der Waals surface area contributed by atoms with Crippen molar-refractivity contribution in [3.63, 3.8) is 0 Å². The topological polar surface area (TPSA) is 97.0 Å². The molecule has 2 aliphatic rings. The van der Waals surface area contributed by atoms with Crippen LogP contribution in [0, 0.1) is 5.92 Å². The average molecular weight is 570 g/mol. The Bertz CT molecular complexity index is 1420. The van der Waals surface area contributed by atoms with Crippen LogP contribution < -0.4 is 15.4 Å². The maximum Gasteiger partial charge on any atom is 0.317 e. The first kappa shape index (κ1) is 29.2. The largest absolute Gasteiger partial charge is 0.497 e. The summed E-state index contributed by atoms with van der Waals surface area (Å²) in [6.45, 7) is 3.96. The Morgan fingerprint density at radius 1 is 0.976 bits per heavy atom. The number of carbonyl (C=O) groups excluding carboxylic acids is 3. The Morgan fingerprint density at radius 2 is 1.81 bits per heavy atom. The standard InChI is InChI=1S/C34H39N3O5/c1-3-42-32(38)13-8-17-35-34(40)37-18-16-28-27(24-11-7-12-26(19-24)41-2)15-14-25(31(28)22-37)21-36-33(39)30-20-29(30)23-9-5-4-6-10-23/h4-7,9-12,14-15,19,29-30H,3,8,13,16-18,20-22H2,1-2H3,(H,35,40)(H,36,39)/t29-,30+/m1/s1. The van der Waals surface area contributed by atoms with Gasteiger partial charge in [0.2, 0.25) is 5.91 Å². The SMILES string of the molecule is CCOC(=O)CCCNC(=O)N1CCc2c(-c3cccc(OC)c3)ccc(CNC(=O)[C@H]3C[C@@H]3c3ccccc3)c2C1. The Balaban J connectivity index is 1.30. The summed E-state index contributed by atoms with van der Waals surface area (Å²) in [5.74, 6) is 0.877. The molecule has 1 heterocycles. The van der Waals surface area contributed by atoms with Crippen LogP contribution in [-0.2, 0) is 33.8 Å². The van der Waals surface area contributed by atoms with Crippen molar-refractivity contribution in [3.8, 4) is 16.9 Å². The second-order valence-electron chi connectivity index (χ2n) is 10.9. The van der Waals surface area contributed by atoms with Gasteiger partial charge >= 0.3 is 12.0 Å². The molecule has 0 unspecified atom stereocenters. The van der Waals surface area contributed by atoms with Crippen LogP contribution >= 0.6 is 0 Å². The summed E-state index contributed by atoms with van der Waals surface area (Å²) in [7, 11) is 1.66. The van der Waals surface area contributed by atoms with E-state index in [1.54, 1.807) is 18.9 Å². The van der Waals surface area contributed by atoms with Crippen LogP contribution in [0.15, 0.2) is 66.7 Å². The maximum absolute atomic E-state index is 13.1. The molecular formula is C34H39N3O5. The fourth-order valence-corrected chi connectivity index (χ4v) is 5.78. The van der Waals surface area contributed by atoms with Crippen LogP contribution in [0.4, 0.5) is 4.79 Å². The van der Waals surface area contributed by atoms with Crippen LogP contribution in [0.2, 0.25) is 0 Å². The highest BCUT2D eigenvalue weighted by Crippen LogP contribution is 2.47. The van der Waals surface area contributed by atoms with Crippen molar-refractivity contribution in [2.75, 3.05) is 26.8 Å². The molecule has 2 N–H and O–H groups in total. The Hall–Kier alpha value is -4.33. The minimum absolute atomic E-state index is 0.00355. The minimum atomic E-state index is -0.253. The molecule has 0 aromatic heterocycles. The van der Waals surface area contributed by atoms with Gasteiger partial charge in [-0.25, -0.2) is 4.79 Å². The lowest BCUT2D eigenvalue weighted by molar-refractivity contribution is -0.143. The number of hydrogen-bond donors (Lipinski definition) is 2. The molecule has 3 aromatic carbocycles. The monoisotopic (exact) mass is 569 g/mol. The van der Waals surface area contributed by atoms with Gasteiger partial charge in [0, 0.05) is 38.5 Å². The molecule has 0 saturated heterocycles. The number of carbonyl (C=O) groups is 3. The molecule has 1 aliphatic carbocycles. The summed E-state index contributed by atoms with van der Waals surface area (Å²) in [6.07, 6.45) is 2.36. The molecule has 3 aromatic rings. The first-order chi connectivity index (χ1) is 20.5. The van der Waals surface area contributed by atoms with Crippen LogP contribution in [0.5, 0.6) is 5.75 Å². The van der Waals surface area contributed by atoms with E-state index in [1.807, 2.05) is 36.4 Å². The lowest BCUT2D eigenvalue weighted by atomic mass is 9.87. The number of methoxy groups -OCH3 is 1. The Labute approximate surface area is 247 Å². The number of esters is 1. The predicted octanol–water partition coefficient (Wildman–Crippen LogP) is 5.19. The average Bonchev–Trinajstić information content (AvgIpc) is 3.83. The summed E-state index contributed by atoms with van der Waals surface area (Å²) < 4.78 is 10.4. The molecule has 2 atom stereocenters. The van der Waals surface area contributed by atoms with E-state index >= 15 is 0 Å². The first-order valence-electron chi connectivity index (χ1n) is 14.8. The number of amides is 3. The zero-order valence-electron chi connectivity index (χ0n) is 24.4. The van der Waals surface area contributed by atoms with E-state index in [4.69, 9.17) is 9.47 Å². The number of hydrogen-bond acceptors (Lipinski definition) is 5. The van der Waals surface area contributed by atoms with Crippen molar-refractivity contribution >= 4 is 17.9 Å². The summed E-state index contributed by atoms with van der Waals surface area (Å²) in [5.41, 5.74) is 6.65. The number of fused-ring (bicyclic) bond motifs is 1. The second-order valence-corrected chi connectivity index (χ2v) is 10.9. The lowest BCUT2D eigenvalue weighted by Crippen LogP contribution is -2.43. The highest BCUT2D eigenvalue weighted by atomic mass is 16.5. The summed E-state index contributed by atoms with van der Waals surface area (Å²) in [5, 5.41) is 6.12. The molecule has 0 bridgehead atoms. The highest BCUT2D eigenvalue weighted by molar-refractivity contribution is 5.83. The number of urea groups is 1. The van der Waals surface area contributed by atoms with Crippen molar-refractivity contribution in [1.29, 1.82) is 0 Å². The Morgan fingerprint density at radius 3 is 2.60 bits per heavy atom. The van der Waals surface area contributed by atoms with Gasteiger partial charge in [-0.2, -0.15) is 0 Å². The van der Waals surface area contributed by atoms with Gasteiger partial charge in [-0.3, -0.25) is 9.59 Å². The minimum Gasteiger partial charge on any atom is -0.497 e. The van der Waals surface area contributed by atoms with Crippen LogP contribution in [0.3, 0.4) is 0 Å². The number of rotatable bonds is 11. The van der Waals surface area contributed by atoms with E-state index in [0.29, 0.717) is 45.6 Å². The van der Waals surface area contributed by atoms with E-state index < -0.39 is 0 Å². The highest BCUT2D eigenvalue weighted by Gasteiger charge is 2.43. The zero-order chi connectivity index (χ0) is 29.5. The fraction of sp³-hybridized carbons (Fsp3) is 0.382. The lowest BCUT2D eigenvalue weighted by Gasteiger charge is -2.32. The predicted molar refractivity (Wildman–Crippen MR) is 161 cm³/mol. The number of ether oxygens (including phenoxy) is 2. The van der Waals surface area contributed by atoms with Gasteiger partial charge in [0.15, 0.2) is 0 Å². The molecule has 0 radical (unpaired) electrons. The summed E-state index contributed by atoms with van der Waals surface area (Å²) in [4.78, 5) is 39.6. The number of benzene rings is 3. The molecule has 1 fully saturated rings. The quantitative estimate of drug-likeness (QED) is 0.245. The molecule has 42 heavy (non-hydrogen) atoms. The van der Waals surface area contributed by atoms with Crippen molar-refractivity contribution in [2.45, 2.75) is 51.6 Å². The van der Waals surface area contributed by atoms with Crippen molar-refractivity contribution in [1.82, 2.24) is 15.5 Å². The molecule has 8 nitrogen and oxygen atoms in total. The van der Waals surface area contributed by atoms with Gasteiger partial charge in [0.25, 0.3) is 0 Å². The smallest absolute Gasteiger partial charge is 0.317 e. The van der Waals surface area contributed by atoms with E-state index in [9.17, 15) is 14.4 Å². The molecule has 3 amide bonds. The van der Waals surface area contributed by atoms with Crippen molar-refractivity contribution in [2.24, 2.45) is 5.92 Å². The van der Waals surface area contributed by atoms with E-state index in [1.165, 1.54) is 11.1 Å². The molecule has 0 spiro atoms. The molecular weight excluding hydrogens is 530 g/mol. The van der Waals surface area contributed by atoms with Crippen LogP contribution in [0.1, 0.15) is 54.4 Å². The Kier molecular flexibility index (Phi) is 9.41. The van der Waals surface area contributed by atoms with Gasteiger partial charge in [0.05, 0.1) is 13.7 Å². The van der Waals surface area contributed by atoms with E-state index in [2.05, 4.69) is 41.0 Å². The van der Waals surface area contributed by atoms with Gasteiger partial charge in [0.1, 0.15) is 5.75 Å². The third-order valence-electron chi connectivity index (χ3n) is 8.12. The molecule has 220 valence electrons. The van der Waals surface area contributed by atoms with Crippen molar-refractivity contribution in [3.05, 3.63) is 89.0 Å². The molecule has 1 saturated carbocycles. The van der Waals surface area contributed by atoms with Crippen LogP contribution in [0.25, 0.3) is 11.1 Å². The molecule has 5 rings (SSSR count). The summed E-state index contributed by atoms with van der Waals surface area (Å²) in [6, 6.07) is 22.2. The second kappa shape index (κ2) is 13.6. The van der Waals surface area contributed by atoms with E-state index in [0.717, 1.165) is 34.4 Å². The van der Waals surface area contributed by atoms with Crippen LogP contribution in [-0.4, -0.2) is 49.6 Å². The molecule has 8 heteroatoms. The van der Waals surface area contributed by atoms with Gasteiger partial charge in [-0.05, 0) is 77.6 Å². The maximum atomic E-state index is 13.1. The normalized spacial score (nSPS) is 17.1. The fourth-order valence-electron chi connectivity index (χ4n) is 5.78. The molecule has 1 aliphatic heterocycles. The van der Waals surface area contributed by atoms with Crippen molar-refractivity contribution < 1.29 is 23.9 Å². The first-order valence-corrected chi connectivity index (χ1v) is 14.8. The summed E-state index contributed by atoms with van der Waals surface area (Å²) >= 11 is 0. The third kappa shape index (κ3) is 6.93. The number of nitrogens with zero attached hydrogens (tertiary/aromatic N) is 1. The van der Waals surface area contributed by atoms with Gasteiger partial charge in [-0.15, -0.1) is 0 Å². The van der Waals surface area contributed by atoms with E-state index in [-0.39, 0.29) is 36.2 Å². The third-order valence-corrected chi connectivity index (χ3v) is 8.12. The van der Waals surface area contributed by atoms with Gasteiger partial charge in [-0.1, -0.05) is 54.6 Å².